The van der Waals surface area contributed by atoms with Crippen LogP contribution in [0, 0.1) is 12.7 Å². The summed E-state index contributed by atoms with van der Waals surface area (Å²) in [5.41, 5.74) is 4.80. The fourth-order valence-electron chi connectivity index (χ4n) is 4.28. The van der Waals surface area contributed by atoms with Crippen LogP contribution in [-0.4, -0.2) is 34.5 Å². The Hall–Kier alpha value is -3.74. The molecule has 6 nitrogen and oxygen atoms in total. The van der Waals surface area contributed by atoms with Crippen molar-refractivity contribution in [3.05, 3.63) is 72.5 Å². The standard InChI is InChI=1S/C26H29FN6/c1-5-19(16-28-6-2)20-10-11-21-23(24(20)27)25(32-31-21)18(4)30-26-17(3)22(12-13-29-26)33-14-8-7-9-15-33/h5-6,10-13,16H,2,4,7-9,14-15H2,1,3H3,(H,29,30)(H,31,32)/b19-5+,28-16?. The average Bonchev–Trinajstić information content (AvgIpc) is 3.28. The van der Waals surface area contributed by atoms with Crippen LogP contribution in [0.4, 0.5) is 15.9 Å². The lowest BCUT2D eigenvalue weighted by molar-refractivity contribution is 0.577. The number of aromatic nitrogens is 3. The third-order valence-electron chi connectivity index (χ3n) is 6.04. The van der Waals surface area contributed by atoms with Gasteiger partial charge in [0, 0.05) is 48.5 Å². The van der Waals surface area contributed by atoms with E-state index in [2.05, 4.69) is 43.5 Å². The van der Waals surface area contributed by atoms with Crippen molar-refractivity contribution in [2.24, 2.45) is 4.99 Å². The Kier molecular flexibility index (Phi) is 6.68. The molecule has 0 radical (unpaired) electrons. The second kappa shape index (κ2) is 9.81. The van der Waals surface area contributed by atoms with Crippen molar-refractivity contribution in [2.45, 2.75) is 33.1 Å². The maximum Gasteiger partial charge on any atom is 0.142 e. The molecule has 2 aromatic heterocycles. The van der Waals surface area contributed by atoms with Gasteiger partial charge in [-0.25, -0.2) is 9.37 Å². The molecule has 1 aromatic carbocycles. The van der Waals surface area contributed by atoms with Crippen molar-refractivity contribution >= 4 is 39.9 Å². The summed E-state index contributed by atoms with van der Waals surface area (Å²) in [6, 6.07) is 5.57. The molecule has 1 saturated heterocycles. The van der Waals surface area contributed by atoms with Gasteiger partial charge in [0.1, 0.15) is 17.3 Å². The summed E-state index contributed by atoms with van der Waals surface area (Å²) < 4.78 is 15.6. The highest BCUT2D eigenvalue weighted by molar-refractivity contribution is 6.11. The van der Waals surface area contributed by atoms with Gasteiger partial charge in [0.05, 0.1) is 16.6 Å². The molecule has 33 heavy (non-hydrogen) atoms. The second-order valence-electron chi connectivity index (χ2n) is 8.08. The average molecular weight is 445 g/mol. The largest absolute Gasteiger partial charge is 0.371 e. The summed E-state index contributed by atoms with van der Waals surface area (Å²) in [7, 11) is 0. The Bertz CT molecular complexity index is 1250. The molecule has 1 aliphatic rings. The Morgan fingerprint density at radius 2 is 2.03 bits per heavy atom. The van der Waals surface area contributed by atoms with Crippen molar-refractivity contribution < 1.29 is 4.39 Å². The molecule has 0 spiro atoms. The number of anilines is 2. The fourth-order valence-corrected chi connectivity index (χ4v) is 4.28. The highest BCUT2D eigenvalue weighted by atomic mass is 19.1. The molecule has 0 aliphatic carbocycles. The van der Waals surface area contributed by atoms with Gasteiger partial charge in [0.15, 0.2) is 0 Å². The highest BCUT2D eigenvalue weighted by Crippen LogP contribution is 2.32. The van der Waals surface area contributed by atoms with E-state index in [9.17, 15) is 0 Å². The topological polar surface area (TPSA) is 69.2 Å². The van der Waals surface area contributed by atoms with Crippen molar-refractivity contribution in [2.75, 3.05) is 23.3 Å². The lowest BCUT2D eigenvalue weighted by Crippen LogP contribution is -2.30. The van der Waals surface area contributed by atoms with Crippen LogP contribution in [0.1, 0.15) is 43.0 Å². The van der Waals surface area contributed by atoms with Crippen LogP contribution in [0.25, 0.3) is 22.2 Å². The molecule has 7 heteroatoms. The molecule has 0 atom stereocenters. The Morgan fingerprint density at radius 1 is 1.24 bits per heavy atom. The first-order valence-electron chi connectivity index (χ1n) is 11.2. The van der Waals surface area contributed by atoms with Crippen LogP contribution in [-0.2, 0) is 0 Å². The first-order chi connectivity index (χ1) is 16.0. The summed E-state index contributed by atoms with van der Waals surface area (Å²) in [6.07, 6.45) is 10.3. The van der Waals surface area contributed by atoms with E-state index in [0.717, 1.165) is 18.7 Å². The Morgan fingerprint density at radius 3 is 2.76 bits per heavy atom. The molecule has 0 saturated carbocycles. The number of hydrogen-bond acceptors (Lipinski definition) is 5. The van der Waals surface area contributed by atoms with E-state index >= 15 is 4.39 Å². The van der Waals surface area contributed by atoms with Gasteiger partial charge in [-0.2, -0.15) is 5.10 Å². The molecule has 3 aromatic rings. The zero-order chi connectivity index (χ0) is 23.4. The molecule has 1 fully saturated rings. The number of H-pyrrole nitrogens is 1. The summed E-state index contributed by atoms with van der Waals surface area (Å²) in [5.74, 6) is 0.317. The highest BCUT2D eigenvalue weighted by Gasteiger charge is 2.20. The van der Waals surface area contributed by atoms with E-state index < -0.39 is 0 Å². The van der Waals surface area contributed by atoms with Crippen LogP contribution in [0.15, 0.2) is 54.8 Å². The number of nitrogens with zero attached hydrogens (tertiary/aromatic N) is 4. The van der Waals surface area contributed by atoms with E-state index in [4.69, 9.17) is 0 Å². The monoisotopic (exact) mass is 444 g/mol. The summed E-state index contributed by atoms with van der Waals surface area (Å²) in [5, 5.41) is 10.9. The van der Waals surface area contributed by atoms with Crippen molar-refractivity contribution in [3.63, 3.8) is 0 Å². The minimum Gasteiger partial charge on any atom is -0.371 e. The maximum atomic E-state index is 15.6. The lowest BCUT2D eigenvalue weighted by Gasteiger charge is -2.30. The minimum absolute atomic E-state index is 0.376. The van der Waals surface area contributed by atoms with Gasteiger partial charge >= 0.3 is 0 Å². The lowest BCUT2D eigenvalue weighted by atomic mass is 10.0. The quantitative estimate of drug-likeness (QED) is 0.432. The molecule has 2 N–H and O–H groups in total. The fraction of sp³-hybridized carbons (Fsp3) is 0.269. The van der Waals surface area contributed by atoms with Gasteiger partial charge in [-0.3, -0.25) is 10.1 Å². The predicted molar refractivity (Wildman–Crippen MR) is 136 cm³/mol. The van der Waals surface area contributed by atoms with Crippen LogP contribution in [0.2, 0.25) is 0 Å². The molecule has 0 bridgehead atoms. The Labute approximate surface area is 193 Å². The van der Waals surface area contributed by atoms with Gasteiger partial charge in [-0.05, 0) is 56.9 Å². The summed E-state index contributed by atoms with van der Waals surface area (Å²) >= 11 is 0. The van der Waals surface area contributed by atoms with Gasteiger partial charge in [-0.1, -0.05) is 19.2 Å². The minimum atomic E-state index is -0.380. The van der Waals surface area contributed by atoms with E-state index in [1.54, 1.807) is 18.5 Å². The Balaban J connectivity index is 1.67. The third kappa shape index (κ3) is 4.44. The molecular formula is C26H29FN6. The van der Waals surface area contributed by atoms with E-state index in [1.165, 1.54) is 31.1 Å². The normalized spacial score (nSPS) is 14.8. The van der Waals surface area contributed by atoms with Gasteiger partial charge in [-0.15, -0.1) is 0 Å². The van der Waals surface area contributed by atoms with Crippen molar-refractivity contribution in [1.29, 1.82) is 0 Å². The number of allylic oxidation sites excluding steroid dienone is 2. The van der Waals surface area contributed by atoms with Crippen LogP contribution < -0.4 is 10.2 Å². The molecule has 1 aliphatic heterocycles. The number of fused-ring (bicyclic) bond motifs is 1. The number of nitrogens with one attached hydrogen (secondary N) is 2. The molecule has 3 heterocycles. The van der Waals surface area contributed by atoms with E-state index in [1.807, 2.05) is 32.1 Å². The maximum absolute atomic E-state index is 15.6. The number of aliphatic imine (C=N–C) groups is 1. The molecule has 170 valence electrons. The number of halogens is 1. The van der Waals surface area contributed by atoms with E-state index in [-0.39, 0.29) is 5.82 Å². The zero-order valence-electron chi connectivity index (χ0n) is 19.2. The van der Waals surface area contributed by atoms with Gasteiger partial charge < -0.3 is 10.2 Å². The molecule has 0 unspecified atom stereocenters. The number of rotatable bonds is 7. The number of benzene rings is 1. The number of piperidine rings is 1. The van der Waals surface area contributed by atoms with Crippen molar-refractivity contribution in [3.8, 4) is 0 Å². The van der Waals surface area contributed by atoms with Gasteiger partial charge in [0.25, 0.3) is 0 Å². The smallest absolute Gasteiger partial charge is 0.142 e. The van der Waals surface area contributed by atoms with Crippen LogP contribution in [0.3, 0.4) is 0 Å². The molecule has 0 amide bonds. The molecular weight excluding hydrogens is 415 g/mol. The summed E-state index contributed by atoms with van der Waals surface area (Å²) in [4.78, 5) is 10.9. The van der Waals surface area contributed by atoms with Crippen LogP contribution >= 0.6 is 0 Å². The van der Waals surface area contributed by atoms with E-state index in [0.29, 0.717) is 39.2 Å². The number of hydrogen-bond donors (Lipinski definition) is 2. The van der Waals surface area contributed by atoms with Gasteiger partial charge in [0.2, 0.25) is 0 Å². The molecule has 4 rings (SSSR count). The third-order valence-corrected chi connectivity index (χ3v) is 6.04. The van der Waals surface area contributed by atoms with Crippen molar-refractivity contribution in [1.82, 2.24) is 15.2 Å². The number of pyridine rings is 1. The number of aromatic amines is 1. The first-order valence-corrected chi connectivity index (χ1v) is 11.2. The summed E-state index contributed by atoms with van der Waals surface area (Å²) in [6.45, 7) is 13.7. The second-order valence-corrected chi connectivity index (χ2v) is 8.08. The first kappa shape index (κ1) is 22.5. The predicted octanol–water partition coefficient (Wildman–Crippen LogP) is 6.10. The zero-order valence-corrected chi connectivity index (χ0v) is 19.2. The van der Waals surface area contributed by atoms with Crippen LogP contribution in [0.5, 0.6) is 0 Å². The SMILES string of the molecule is C=CN=C/C(=C\C)c1ccc2[nH]nc(C(=C)Nc3nccc(N4CCCCC4)c3C)c2c1F.